The molecular formula is C15H24N2O. The van der Waals surface area contributed by atoms with Crippen molar-refractivity contribution in [2.24, 2.45) is 0 Å². The maximum atomic E-state index is 9.92. The van der Waals surface area contributed by atoms with Gasteiger partial charge < -0.3 is 10.0 Å². The Morgan fingerprint density at radius 2 is 2.00 bits per heavy atom. The van der Waals surface area contributed by atoms with E-state index in [0.717, 1.165) is 19.5 Å². The normalized spacial score (nSPS) is 26.7. The Balaban J connectivity index is 2.10. The number of likely N-dealkylation sites (N-methyl/N-ethyl adjacent to an activating group) is 1. The molecule has 0 radical (unpaired) electrons. The number of aliphatic hydroxyl groups excluding tert-OH is 1. The van der Waals surface area contributed by atoms with Crippen molar-refractivity contribution in [3.8, 4) is 0 Å². The van der Waals surface area contributed by atoms with Gasteiger partial charge >= 0.3 is 0 Å². The van der Waals surface area contributed by atoms with E-state index < -0.39 is 0 Å². The highest BCUT2D eigenvalue weighted by Gasteiger charge is 2.34. The third-order valence-electron chi connectivity index (χ3n) is 3.79. The average molecular weight is 248 g/mol. The lowest BCUT2D eigenvalue weighted by molar-refractivity contribution is 0.144. The van der Waals surface area contributed by atoms with Crippen LogP contribution in [0, 0.1) is 0 Å². The van der Waals surface area contributed by atoms with E-state index in [1.807, 2.05) is 6.07 Å². The molecule has 0 spiro atoms. The molecule has 0 aromatic heterocycles. The molecule has 1 N–H and O–H groups in total. The van der Waals surface area contributed by atoms with Crippen LogP contribution >= 0.6 is 0 Å². The fourth-order valence-electron chi connectivity index (χ4n) is 2.91. The molecule has 3 heteroatoms. The van der Waals surface area contributed by atoms with Crippen LogP contribution < -0.4 is 0 Å². The zero-order valence-electron chi connectivity index (χ0n) is 11.6. The quantitative estimate of drug-likeness (QED) is 0.879. The summed E-state index contributed by atoms with van der Waals surface area (Å²) in [6.07, 6.45) is 0.705. The number of β-amino-alcohol motifs (C(OH)–C–C–N with tert-alkyl or cyclic N) is 1. The fraction of sp³-hybridized carbons (Fsp3) is 0.600. The summed E-state index contributed by atoms with van der Waals surface area (Å²) in [4.78, 5) is 4.63. The summed E-state index contributed by atoms with van der Waals surface area (Å²) in [7, 11) is 4.19. The van der Waals surface area contributed by atoms with Crippen LogP contribution in [0.5, 0.6) is 0 Å². The third kappa shape index (κ3) is 3.10. The summed E-state index contributed by atoms with van der Waals surface area (Å²) in [5, 5.41) is 9.92. The Labute approximate surface area is 110 Å². The minimum atomic E-state index is -0.180. The van der Waals surface area contributed by atoms with Gasteiger partial charge in [-0.2, -0.15) is 0 Å². The van der Waals surface area contributed by atoms with Crippen molar-refractivity contribution in [1.82, 2.24) is 9.80 Å². The number of hydrogen-bond donors (Lipinski definition) is 1. The van der Waals surface area contributed by atoms with E-state index in [1.165, 1.54) is 5.56 Å². The highest BCUT2D eigenvalue weighted by atomic mass is 16.3. The van der Waals surface area contributed by atoms with Crippen LogP contribution in [0.2, 0.25) is 0 Å². The molecule has 3 atom stereocenters. The van der Waals surface area contributed by atoms with Gasteiger partial charge in [0.15, 0.2) is 0 Å². The van der Waals surface area contributed by atoms with E-state index in [1.54, 1.807) is 0 Å². The molecule has 0 aliphatic carbocycles. The summed E-state index contributed by atoms with van der Waals surface area (Å²) in [5.41, 5.74) is 1.33. The van der Waals surface area contributed by atoms with Gasteiger partial charge in [0.2, 0.25) is 0 Å². The SMILES string of the molecule is CC(c1ccccc1)N1CC(O)CC1CN(C)C. The van der Waals surface area contributed by atoms with Crippen molar-refractivity contribution in [2.75, 3.05) is 27.2 Å². The number of likely N-dealkylation sites (tertiary alicyclic amines) is 1. The third-order valence-corrected chi connectivity index (χ3v) is 3.79. The zero-order valence-corrected chi connectivity index (χ0v) is 11.6. The van der Waals surface area contributed by atoms with Crippen LogP contribution in [0.25, 0.3) is 0 Å². The summed E-state index contributed by atoms with van der Waals surface area (Å²) >= 11 is 0. The Morgan fingerprint density at radius 3 is 2.61 bits per heavy atom. The Hall–Kier alpha value is -0.900. The molecule has 0 saturated carbocycles. The van der Waals surface area contributed by atoms with Gasteiger partial charge in [-0.15, -0.1) is 0 Å². The Morgan fingerprint density at radius 1 is 1.33 bits per heavy atom. The minimum absolute atomic E-state index is 0.180. The van der Waals surface area contributed by atoms with Gasteiger partial charge in [0.1, 0.15) is 0 Å². The van der Waals surface area contributed by atoms with Crippen molar-refractivity contribution >= 4 is 0 Å². The van der Waals surface area contributed by atoms with Crippen molar-refractivity contribution in [3.63, 3.8) is 0 Å². The second-order valence-corrected chi connectivity index (χ2v) is 5.59. The lowest BCUT2D eigenvalue weighted by Crippen LogP contribution is -2.39. The van der Waals surface area contributed by atoms with Crippen molar-refractivity contribution in [2.45, 2.75) is 31.5 Å². The molecule has 18 heavy (non-hydrogen) atoms. The maximum Gasteiger partial charge on any atom is 0.0682 e. The number of hydrogen-bond acceptors (Lipinski definition) is 3. The molecule has 0 bridgehead atoms. The Bertz CT molecular complexity index is 366. The number of rotatable bonds is 4. The Kier molecular flexibility index (Phi) is 4.38. The molecule has 3 unspecified atom stereocenters. The molecule has 3 nitrogen and oxygen atoms in total. The van der Waals surface area contributed by atoms with E-state index >= 15 is 0 Å². The highest BCUT2D eigenvalue weighted by molar-refractivity contribution is 5.19. The largest absolute Gasteiger partial charge is 0.392 e. The molecule has 2 rings (SSSR count). The average Bonchev–Trinajstić information content (AvgIpc) is 2.69. The minimum Gasteiger partial charge on any atom is -0.392 e. The highest BCUT2D eigenvalue weighted by Crippen LogP contribution is 2.29. The second-order valence-electron chi connectivity index (χ2n) is 5.59. The van der Waals surface area contributed by atoms with E-state index in [9.17, 15) is 5.11 Å². The van der Waals surface area contributed by atoms with Crippen molar-refractivity contribution < 1.29 is 5.11 Å². The molecule has 1 aromatic carbocycles. The topological polar surface area (TPSA) is 26.7 Å². The van der Waals surface area contributed by atoms with E-state index in [0.29, 0.717) is 12.1 Å². The summed E-state index contributed by atoms with van der Waals surface area (Å²) in [6.45, 7) is 4.03. The van der Waals surface area contributed by atoms with E-state index in [4.69, 9.17) is 0 Å². The smallest absolute Gasteiger partial charge is 0.0682 e. The van der Waals surface area contributed by atoms with Gasteiger partial charge in [0, 0.05) is 25.2 Å². The summed E-state index contributed by atoms with van der Waals surface area (Å²) in [5.74, 6) is 0. The molecule has 1 fully saturated rings. The zero-order chi connectivity index (χ0) is 13.1. The second kappa shape index (κ2) is 5.83. The van der Waals surface area contributed by atoms with Crippen molar-refractivity contribution in [1.29, 1.82) is 0 Å². The van der Waals surface area contributed by atoms with Crippen LogP contribution in [0.1, 0.15) is 24.9 Å². The van der Waals surface area contributed by atoms with Gasteiger partial charge in [0.25, 0.3) is 0 Å². The lowest BCUT2D eigenvalue weighted by atomic mass is 10.1. The number of nitrogens with zero attached hydrogens (tertiary/aromatic N) is 2. The standard InChI is InChI=1S/C15H24N2O/c1-12(13-7-5-4-6-8-13)17-11-15(18)9-14(17)10-16(2)3/h4-8,12,14-15,18H,9-11H2,1-3H3. The number of aliphatic hydroxyl groups is 1. The lowest BCUT2D eigenvalue weighted by Gasteiger charge is -2.32. The van der Waals surface area contributed by atoms with E-state index in [-0.39, 0.29) is 6.10 Å². The molecule has 100 valence electrons. The van der Waals surface area contributed by atoms with Gasteiger partial charge in [-0.05, 0) is 33.0 Å². The van der Waals surface area contributed by atoms with E-state index in [2.05, 4.69) is 55.1 Å². The maximum absolute atomic E-state index is 9.92. The predicted molar refractivity (Wildman–Crippen MR) is 74.5 cm³/mol. The van der Waals surface area contributed by atoms with Gasteiger partial charge in [-0.1, -0.05) is 30.3 Å². The van der Waals surface area contributed by atoms with Crippen LogP contribution in [0.15, 0.2) is 30.3 Å². The first kappa shape index (κ1) is 13.5. The molecule has 1 saturated heterocycles. The molecule has 1 aliphatic heterocycles. The van der Waals surface area contributed by atoms with Gasteiger partial charge in [-0.3, -0.25) is 4.90 Å². The van der Waals surface area contributed by atoms with Crippen molar-refractivity contribution in [3.05, 3.63) is 35.9 Å². The van der Waals surface area contributed by atoms with Crippen LogP contribution in [0.4, 0.5) is 0 Å². The van der Waals surface area contributed by atoms with Crippen LogP contribution in [-0.2, 0) is 0 Å². The summed E-state index contributed by atoms with van der Waals surface area (Å²) < 4.78 is 0. The molecule has 1 aromatic rings. The first-order valence-corrected chi connectivity index (χ1v) is 6.71. The fourth-order valence-corrected chi connectivity index (χ4v) is 2.91. The summed E-state index contributed by atoms with van der Waals surface area (Å²) in [6, 6.07) is 11.4. The predicted octanol–water partition coefficient (Wildman–Crippen LogP) is 1.74. The molecule has 0 amide bonds. The first-order valence-electron chi connectivity index (χ1n) is 6.71. The molecular weight excluding hydrogens is 224 g/mol. The van der Waals surface area contributed by atoms with Crippen LogP contribution in [-0.4, -0.2) is 54.2 Å². The molecule has 1 aliphatic rings. The monoisotopic (exact) mass is 248 g/mol. The molecule has 1 heterocycles. The van der Waals surface area contributed by atoms with Gasteiger partial charge in [-0.25, -0.2) is 0 Å². The first-order chi connectivity index (χ1) is 8.58. The van der Waals surface area contributed by atoms with Gasteiger partial charge in [0.05, 0.1) is 6.10 Å². The number of benzene rings is 1. The van der Waals surface area contributed by atoms with Crippen LogP contribution in [0.3, 0.4) is 0 Å².